The van der Waals surface area contributed by atoms with Crippen molar-refractivity contribution in [2.75, 3.05) is 25.0 Å². The summed E-state index contributed by atoms with van der Waals surface area (Å²) >= 11 is 0. The van der Waals surface area contributed by atoms with Crippen molar-refractivity contribution in [3.63, 3.8) is 0 Å². The normalized spacial score (nSPS) is 14.8. The van der Waals surface area contributed by atoms with Crippen molar-refractivity contribution in [2.24, 2.45) is 5.92 Å². The molecule has 1 aliphatic heterocycles. The molecule has 1 aliphatic rings. The molecule has 6 nitrogen and oxygen atoms in total. The van der Waals surface area contributed by atoms with Crippen LogP contribution in [0.25, 0.3) is 11.1 Å². The smallest absolute Gasteiger partial charge is 0.411 e. The summed E-state index contributed by atoms with van der Waals surface area (Å²) in [6, 6.07) is 13.5. The summed E-state index contributed by atoms with van der Waals surface area (Å²) in [6.45, 7) is 6.93. The molecule has 0 bridgehead atoms. The minimum absolute atomic E-state index is 0.172. The van der Waals surface area contributed by atoms with Gasteiger partial charge in [-0.2, -0.15) is 0 Å². The van der Waals surface area contributed by atoms with E-state index in [0.717, 1.165) is 18.4 Å². The van der Waals surface area contributed by atoms with Gasteiger partial charge < -0.3 is 14.4 Å². The molecule has 0 radical (unpaired) electrons. The molecule has 7 heteroatoms. The number of halogens is 1. The predicted molar refractivity (Wildman–Crippen MR) is 117 cm³/mol. The van der Waals surface area contributed by atoms with Crippen molar-refractivity contribution in [1.82, 2.24) is 4.90 Å². The van der Waals surface area contributed by atoms with Gasteiger partial charge in [0.05, 0.1) is 12.3 Å². The highest BCUT2D eigenvalue weighted by molar-refractivity contribution is 5.91. The lowest BCUT2D eigenvalue weighted by Gasteiger charge is -2.33. The van der Waals surface area contributed by atoms with Crippen LogP contribution < -0.4 is 5.32 Å². The number of carbonyl (C=O) groups excluding carboxylic acids is 2. The second kappa shape index (κ2) is 9.81. The molecule has 1 fully saturated rings. The molecule has 1 saturated heterocycles. The number of anilines is 1. The summed E-state index contributed by atoms with van der Waals surface area (Å²) in [7, 11) is 0. The summed E-state index contributed by atoms with van der Waals surface area (Å²) in [6.07, 6.45) is 0.573. The lowest BCUT2D eigenvalue weighted by atomic mass is 9.98. The zero-order valence-corrected chi connectivity index (χ0v) is 18.2. The van der Waals surface area contributed by atoms with E-state index in [2.05, 4.69) is 5.32 Å². The summed E-state index contributed by atoms with van der Waals surface area (Å²) < 4.78 is 24.6. The van der Waals surface area contributed by atoms with E-state index in [9.17, 15) is 14.0 Å². The quantitative estimate of drug-likeness (QED) is 0.679. The summed E-state index contributed by atoms with van der Waals surface area (Å²) in [5.41, 5.74) is 1.35. The number of nitrogens with one attached hydrogen (secondary N) is 1. The maximum absolute atomic E-state index is 13.8. The monoisotopic (exact) mass is 428 g/mol. The molecule has 1 N–H and O–H groups in total. The number of piperidine rings is 1. The fourth-order valence-electron chi connectivity index (χ4n) is 3.43. The Kier molecular flexibility index (Phi) is 7.15. The van der Waals surface area contributed by atoms with E-state index in [4.69, 9.17) is 9.47 Å². The van der Waals surface area contributed by atoms with Crippen LogP contribution in [-0.4, -0.2) is 42.4 Å². The van der Waals surface area contributed by atoms with Crippen LogP contribution in [0, 0.1) is 11.7 Å². The fraction of sp³-hybridized carbons (Fsp3) is 0.417. The number of likely N-dealkylation sites (tertiary alicyclic amines) is 1. The van der Waals surface area contributed by atoms with E-state index in [-0.39, 0.29) is 24.4 Å². The Hall–Kier alpha value is -3.09. The van der Waals surface area contributed by atoms with Crippen molar-refractivity contribution in [2.45, 2.75) is 39.2 Å². The Morgan fingerprint density at radius 2 is 1.77 bits per heavy atom. The summed E-state index contributed by atoms with van der Waals surface area (Å²) in [4.78, 5) is 26.2. The number of benzene rings is 2. The Balaban J connectivity index is 1.50. The highest BCUT2D eigenvalue weighted by Crippen LogP contribution is 2.29. The molecule has 3 rings (SSSR count). The molecular formula is C24H29FN2O4. The summed E-state index contributed by atoms with van der Waals surface area (Å²) in [5.74, 6) is -0.208. The van der Waals surface area contributed by atoms with Crippen LogP contribution in [0.3, 0.4) is 0 Å². The van der Waals surface area contributed by atoms with Gasteiger partial charge in [-0.3, -0.25) is 5.32 Å². The molecule has 2 aromatic carbocycles. The van der Waals surface area contributed by atoms with Crippen molar-refractivity contribution in [1.29, 1.82) is 0 Å². The Morgan fingerprint density at radius 3 is 2.42 bits per heavy atom. The van der Waals surface area contributed by atoms with Gasteiger partial charge >= 0.3 is 12.2 Å². The number of amides is 2. The minimum atomic E-state index is -0.585. The highest BCUT2D eigenvalue weighted by Gasteiger charge is 2.27. The van der Waals surface area contributed by atoms with Crippen molar-refractivity contribution < 1.29 is 23.5 Å². The first-order valence-corrected chi connectivity index (χ1v) is 10.5. The third-order valence-electron chi connectivity index (χ3n) is 5.02. The van der Waals surface area contributed by atoms with E-state index in [1.165, 1.54) is 18.2 Å². The largest absolute Gasteiger partial charge is 0.449 e. The molecule has 0 atom stereocenters. The van der Waals surface area contributed by atoms with E-state index in [0.29, 0.717) is 24.3 Å². The van der Waals surface area contributed by atoms with E-state index in [1.807, 2.05) is 51.1 Å². The predicted octanol–water partition coefficient (Wildman–Crippen LogP) is 5.69. The number of ether oxygens (including phenoxy) is 2. The number of nitrogens with zero attached hydrogens (tertiary/aromatic N) is 1. The molecule has 31 heavy (non-hydrogen) atoms. The van der Waals surface area contributed by atoms with Gasteiger partial charge in [-0.15, -0.1) is 0 Å². The topological polar surface area (TPSA) is 67.9 Å². The highest BCUT2D eigenvalue weighted by atomic mass is 19.1. The van der Waals surface area contributed by atoms with Crippen LogP contribution in [0.5, 0.6) is 0 Å². The third kappa shape index (κ3) is 6.70. The van der Waals surface area contributed by atoms with Crippen LogP contribution in [-0.2, 0) is 9.47 Å². The van der Waals surface area contributed by atoms with Gasteiger partial charge in [0.25, 0.3) is 0 Å². The molecule has 166 valence electrons. The second-order valence-electron chi connectivity index (χ2n) is 8.69. The zero-order chi connectivity index (χ0) is 22.4. The van der Waals surface area contributed by atoms with Crippen molar-refractivity contribution in [3.05, 3.63) is 54.3 Å². The van der Waals surface area contributed by atoms with Gasteiger partial charge in [0.1, 0.15) is 11.4 Å². The maximum Gasteiger partial charge on any atom is 0.411 e. The first-order valence-electron chi connectivity index (χ1n) is 10.5. The molecule has 0 aliphatic carbocycles. The van der Waals surface area contributed by atoms with Gasteiger partial charge in [0.15, 0.2) is 0 Å². The van der Waals surface area contributed by atoms with E-state index < -0.39 is 11.7 Å². The van der Waals surface area contributed by atoms with Crippen LogP contribution >= 0.6 is 0 Å². The SMILES string of the molecule is CC(C)(C)OC(=O)N1CCC(COC(=O)Nc2ccc(F)cc2-c2ccccc2)CC1. The molecule has 2 amide bonds. The molecule has 0 saturated carbocycles. The number of rotatable bonds is 4. The Bertz CT molecular complexity index is 904. The first kappa shape index (κ1) is 22.6. The van der Waals surface area contributed by atoms with Gasteiger partial charge in [0, 0.05) is 18.7 Å². The average molecular weight is 429 g/mol. The Labute approximate surface area is 182 Å². The molecule has 0 unspecified atom stereocenters. The molecule has 1 heterocycles. The number of carbonyl (C=O) groups is 2. The molecule has 0 spiro atoms. The Morgan fingerprint density at radius 1 is 1.10 bits per heavy atom. The lowest BCUT2D eigenvalue weighted by Crippen LogP contribution is -2.42. The van der Waals surface area contributed by atoms with Gasteiger partial charge in [-0.1, -0.05) is 30.3 Å². The van der Waals surface area contributed by atoms with Crippen molar-refractivity contribution in [3.8, 4) is 11.1 Å². The first-order chi connectivity index (χ1) is 14.7. The van der Waals surface area contributed by atoms with Crippen LogP contribution in [0.15, 0.2) is 48.5 Å². The van der Waals surface area contributed by atoms with Crippen molar-refractivity contribution >= 4 is 17.9 Å². The second-order valence-corrected chi connectivity index (χ2v) is 8.69. The molecule has 0 aromatic heterocycles. The average Bonchev–Trinajstić information content (AvgIpc) is 2.73. The van der Waals surface area contributed by atoms with Crippen LogP contribution in [0.2, 0.25) is 0 Å². The van der Waals surface area contributed by atoms with Crippen LogP contribution in [0.1, 0.15) is 33.6 Å². The molecule has 2 aromatic rings. The third-order valence-corrected chi connectivity index (χ3v) is 5.02. The van der Waals surface area contributed by atoms with Gasteiger partial charge in [0.2, 0.25) is 0 Å². The maximum atomic E-state index is 13.8. The molecular weight excluding hydrogens is 399 g/mol. The van der Waals surface area contributed by atoms with Gasteiger partial charge in [-0.05, 0) is 63.3 Å². The number of hydrogen-bond donors (Lipinski definition) is 1. The lowest BCUT2D eigenvalue weighted by molar-refractivity contribution is 0.0153. The van der Waals surface area contributed by atoms with E-state index >= 15 is 0 Å². The fourth-order valence-corrected chi connectivity index (χ4v) is 3.43. The van der Waals surface area contributed by atoms with E-state index in [1.54, 1.807) is 4.90 Å². The number of hydrogen-bond acceptors (Lipinski definition) is 4. The van der Waals surface area contributed by atoms with Crippen LogP contribution in [0.4, 0.5) is 19.7 Å². The zero-order valence-electron chi connectivity index (χ0n) is 18.2. The van der Waals surface area contributed by atoms with Gasteiger partial charge in [-0.25, -0.2) is 14.0 Å². The minimum Gasteiger partial charge on any atom is -0.449 e. The standard InChI is InChI=1S/C24H29FN2O4/c1-24(2,3)31-23(29)27-13-11-17(12-14-27)16-30-22(28)26-21-10-9-19(25)15-20(21)18-7-5-4-6-8-18/h4-10,15,17H,11-14,16H2,1-3H3,(H,26,28). The summed E-state index contributed by atoms with van der Waals surface area (Å²) in [5, 5.41) is 2.72.